The fourth-order valence-electron chi connectivity index (χ4n) is 1.59. The zero-order valence-electron chi connectivity index (χ0n) is 11.1. The number of hydrogen-bond acceptors (Lipinski definition) is 3. The van der Waals surface area contributed by atoms with Gasteiger partial charge in [0.1, 0.15) is 4.99 Å². The Morgan fingerprint density at radius 1 is 1.50 bits per heavy atom. The molecule has 20 heavy (non-hydrogen) atoms. The van der Waals surface area contributed by atoms with Crippen LogP contribution in [0.4, 0.5) is 14.5 Å². The van der Waals surface area contributed by atoms with Gasteiger partial charge in [0, 0.05) is 24.2 Å². The Bertz CT molecular complexity index is 482. The molecule has 0 saturated heterocycles. The Kier molecular flexibility index (Phi) is 6.47. The van der Waals surface area contributed by atoms with Crippen LogP contribution in [0.2, 0.25) is 0 Å². The summed E-state index contributed by atoms with van der Waals surface area (Å²) in [6.07, 6.45) is -2.26. The fraction of sp³-hybridized carbons (Fsp3) is 0.385. The second kappa shape index (κ2) is 7.86. The van der Waals surface area contributed by atoms with Crippen LogP contribution >= 0.6 is 12.2 Å². The quantitative estimate of drug-likeness (QED) is 0.755. The third kappa shape index (κ3) is 6.03. The van der Waals surface area contributed by atoms with Crippen molar-refractivity contribution in [2.45, 2.75) is 12.8 Å². The van der Waals surface area contributed by atoms with Crippen molar-refractivity contribution in [3.05, 3.63) is 29.8 Å². The molecule has 0 saturated carbocycles. The summed E-state index contributed by atoms with van der Waals surface area (Å²) in [5.74, 6) is -0.244. The monoisotopic (exact) mass is 301 g/mol. The average Bonchev–Trinajstić information content (AvgIpc) is 2.36. The molecule has 0 bridgehead atoms. The molecule has 0 aliphatic carbocycles. The maximum atomic E-state index is 12.1. The molecule has 0 heterocycles. The van der Waals surface area contributed by atoms with Gasteiger partial charge in [-0.15, -0.1) is 0 Å². The summed E-state index contributed by atoms with van der Waals surface area (Å²) in [6.45, 7) is -0.0740. The van der Waals surface area contributed by atoms with Crippen molar-refractivity contribution < 1.29 is 13.6 Å². The zero-order valence-corrected chi connectivity index (χ0v) is 11.9. The number of thiocarbonyl (C=S) groups is 1. The Morgan fingerprint density at radius 2 is 2.20 bits per heavy atom. The Labute approximate surface area is 121 Å². The molecular formula is C13H17F2N3OS. The van der Waals surface area contributed by atoms with E-state index >= 15 is 0 Å². The normalized spacial score (nSPS) is 10.8. The zero-order chi connectivity index (χ0) is 15.1. The van der Waals surface area contributed by atoms with E-state index in [0.29, 0.717) is 11.3 Å². The lowest BCUT2D eigenvalue weighted by Crippen LogP contribution is -2.28. The molecule has 0 spiro atoms. The molecule has 0 unspecified atom stereocenters. The van der Waals surface area contributed by atoms with Gasteiger partial charge in [-0.1, -0.05) is 24.4 Å². The molecule has 0 aliphatic heterocycles. The van der Waals surface area contributed by atoms with Crippen LogP contribution in [0.1, 0.15) is 12.0 Å². The molecule has 0 aliphatic rings. The molecule has 1 aromatic carbocycles. The standard InChI is InChI=1S/C13H17F2N3OS/c1-18(8-11(14)15)6-5-12(19)17-10-4-2-3-9(7-10)13(16)20/h2-4,7,11H,5-6,8H2,1H3,(H2,16,20)(H,17,19). The lowest BCUT2D eigenvalue weighted by atomic mass is 10.2. The molecule has 3 N–H and O–H groups in total. The Hall–Kier alpha value is -1.60. The summed E-state index contributed by atoms with van der Waals surface area (Å²) in [5.41, 5.74) is 6.74. The number of carbonyl (C=O) groups excluding carboxylic acids is 1. The summed E-state index contributed by atoms with van der Waals surface area (Å²) in [6, 6.07) is 6.85. The first-order chi connectivity index (χ1) is 9.38. The summed E-state index contributed by atoms with van der Waals surface area (Å²) in [4.78, 5) is 13.4. The van der Waals surface area contributed by atoms with E-state index in [2.05, 4.69) is 5.32 Å². The predicted molar refractivity (Wildman–Crippen MR) is 79.1 cm³/mol. The van der Waals surface area contributed by atoms with Gasteiger partial charge in [-0.05, 0) is 19.2 Å². The second-order valence-electron chi connectivity index (χ2n) is 4.40. The second-order valence-corrected chi connectivity index (χ2v) is 4.84. The molecule has 0 fully saturated rings. The first-order valence-corrected chi connectivity index (χ1v) is 6.45. The minimum absolute atomic E-state index is 0.139. The Morgan fingerprint density at radius 3 is 2.80 bits per heavy atom. The SMILES string of the molecule is CN(CCC(=O)Nc1cccc(C(N)=S)c1)CC(F)F. The number of nitrogens with two attached hydrogens (primary N) is 1. The van der Waals surface area contributed by atoms with Gasteiger partial charge in [-0.3, -0.25) is 4.79 Å². The van der Waals surface area contributed by atoms with Crippen LogP contribution in [0.25, 0.3) is 0 Å². The van der Waals surface area contributed by atoms with Crippen molar-refractivity contribution >= 4 is 28.8 Å². The number of amides is 1. The van der Waals surface area contributed by atoms with E-state index < -0.39 is 6.43 Å². The molecule has 1 aromatic rings. The van der Waals surface area contributed by atoms with Crippen molar-refractivity contribution in [3.8, 4) is 0 Å². The van der Waals surface area contributed by atoms with E-state index in [1.165, 1.54) is 4.90 Å². The molecule has 110 valence electrons. The van der Waals surface area contributed by atoms with E-state index in [-0.39, 0.29) is 30.4 Å². The number of rotatable bonds is 7. The van der Waals surface area contributed by atoms with Crippen molar-refractivity contribution in [3.63, 3.8) is 0 Å². The van der Waals surface area contributed by atoms with Crippen LogP contribution in [0.5, 0.6) is 0 Å². The van der Waals surface area contributed by atoms with E-state index in [1.807, 2.05) is 0 Å². The summed E-state index contributed by atoms with van der Waals surface area (Å²) in [7, 11) is 1.55. The van der Waals surface area contributed by atoms with Crippen molar-refractivity contribution in [2.75, 3.05) is 25.5 Å². The number of benzene rings is 1. The highest BCUT2D eigenvalue weighted by Gasteiger charge is 2.10. The lowest BCUT2D eigenvalue weighted by molar-refractivity contribution is -0.116. The number of anilines is 1. The van der Waals surface area contributed by atoms with Crippen molar-refractivity contribution in [2.24, 2.45) is 5.73 Å². The van der Waals surface area contributed by atoms with Gasteiger partial charge in [-0.2, -0.15) is 0 Å². The lowest BCUT2D eigenvalue weighted by Gasteiger charge is -2.15. The first-order valence-electron chi connectivity index (χ1n) is 6.05. The number of alkyl halides is 2. The van der Waals surface area contributed by atoms with Gasteiger partial charge < -0.3 is 16.0 Å². The van der Waals surface area contributed by atoms with Crippen LogP contribution in [0, 0.1) is 0 Å². The number of hydrogen-bond donors (Lipinski definition) is 2. The summed E-state index contributed by atoms with van der Waals surface area (Å²) in [5, 5.41) is 2.68. The van der Waals surface area contributed by atoms with Crippen LogP contribution in [-0.4, -0.2) is 42.4 Å². The maximum Gasteiger partial charge on any atom is 0.251 e. The molecule has 0 atom stereocenters. The summed E-state index contributed by atoms with van der Waals surface area (Å²) >= 11 is 4.85. The van der Waals surface area contributed by atoms with E-state index in [4.69, 9.17) is 18.0 Å². The van der Waals surface area contributed by atoms with Crippen LogP contribution in [0.3, 0.4) is 0 Å². The predicted octanol–water partition coefficient (Wildman–Crippen LogP) is 1.85. The highest BCUT2D eigenvalue weighted by Crippen LogP contribution is 2.11. The number of nitrogens with one attached hydrogen (secondary N) is 1. The van der Waals surface area contributed by atoms with Gasteiger partial charge in [0.15, 0.2) is 0 Å². The van der Waals surface area contributed by atoms with Crippen LogP contribution < -0.4 is 11.1 Å². The molecule has 1 amide bonds. The summed E-state index contributed by atoms with van der Waals surface area (Å²) < 4.78 is 24.2. The molecule has 7 heteroatoms. The van der Waals surface area contributed by atoms with Crippen molar-refractivity contribution in [1.29, 1.82) is 0 Å². The first kappa shape index (κ1) is 16.5. The van der Waals surface area contributed by atoms with E-state index in [1.54, 1.807) is 31.3 Å². The largest absolute Gasteiger partial charge is 0.389 e. The van der Waals surface area contributed by atoms with Crippen LogP contribution in [0.15, 0.2) is 24.3 Å². The molecule has 0 radical (unpaired) electrons. The van der Waals surface area contributed by atoms with E-state index in [0.717, 1.165) is 0 Å². The third-order valence-electron chi connectivity index (χ3n) is 2.60. The maximum absolute atomic E-state index is 12.1. The van der Waals surface area contributed by atoms with Crippen LogP contribution in [-0.2, 0) is 4.79 Å². The number of halogens is 2. The third-order valence-corrected chi connectivity index (χ3v) is 2.84. The molecular weight excluding hydrogens is 284 g/mol. The smallest absolute Gasteiger partial charge is 0.251 e. The highest BCUT2D eigenvalue weighted by molar-refractivity contribution is 7.80. The molecule has 1 rings (SSSR count). The van der Waals surface area contributed by atoms with Gasteiger partial charge in [0.05, 0.1) is 6.54 Å². The number of nitrogens with zero attached hydrogens (tertiary/aromatic N) is 1. The van der Waals surface area contributed by atoms with Gasteiger partial charge in [-0.25, -0.2) is 8.78 Å². The van der Waals surface area contributed by atoms with Gasteiger partial charge in [0.2, 0.25) is 5.91 Å². The minimum atomic E-state index is -2.40. The fourth-order valence-corrected chi connectivity index (χ4v) is 1.72. The minimum Gasteiger partial charge on any atom is -0.389 e. The van der Waals surface area contributed by atoms with Gasteiger partial charge >= 0.3 is 0 Å². The molecule has 0 aromatic heterocycles. The topological polar surface area (TPSA) is 58.4 Å². The Balaban J connectivity index is 2.46. The highest BCUT2D eigenvalue weighted by atomic mass is 32.1. The van der Waals surface area contributed by atoms with Crippen molar-refractivity contribution in [1.82, 2.24) is 4.90 Å². The van der Waals surface area contributed by atoms with Gasteiger partial charge in [0.25, 0.3) is 6.43 Å². The molecule has 4 nitrogen and oxygen atoms in total. The average molecular weight is 301 g/mol. The van der Waals surface area contributed by atoms with E-state index in [9.17, 15) is 13.6 Å². The number of carbonyl (C=O) groups is 1.